The van der Waals surface area contributed by atoms with Gasteiger partial charge in [-0.2, -0.15) is 18.3 Å². The summed E-state index contributed by atoms with van der Waals surface area (Å²) in [6.07, 6.45) is -3.38. The van der Waals surface area contributed by atoms with Crippen LogP contribution < -0.4 is 10.1 Å². The number of H-pyrrole nitrogens is 1. The van der Waals surface area contributed by atoms with Gasteiger partial charge in [0, 0.05) is 11.3 Å². The first-order valence-corrected chi connectivity index (χ1v) is 10.7. The molecule has 0 radical (unpaired) electrons. The molecule has 0 atom stereocenters. The monoisotopic (exact) mass is 450 g/mol. The van der Waals surface area contributed by atoms with Crippen molar-refractivity contribution in [2.24, 2.45) is 0 Å². The lowest BCUT2D eigenvalue weighted by Crippen LogP contribution is -2.34. The summed E-state index contributed by atoms with van der Waals surface area (Å²) >= 11 is 1.28. The number of rotatable bonds is 4. The summed E-state index contributed by atoms with van der Waals surface area (Å²) < 4.78 is 45.9. The van der Waals surface area contributed by atoms with Gasteiger partial charge in [-0.05, 0) is 44.9 Å². The molecule has 0 bridgehead atoms. The number of alkyl halides is 3. The molecule has 2 N–H and O–H groups in total. The molecule has 0 spiro atoms. The number of nitrogens with zero attached hydrogens (tertiary/aromatic N) is 2. The number of hydrogen-bond donors (Lipinski definition) is 2. The number of halogens is 3. The molecule has 0 fully saturated rings. The lowest BCUT2D eigenvalue weighted by atomic mass is 9.89. The average Bonchev–Trinajstić information content (AvgIpc) is 3.29. The second-order valence-electron chi connectivity index (χ2n) is 7.47. The predicted molar refractivity (Wildman–Crippen MR) is 111 cm³/mol. The number of carbonyl (C=O) groups excluding carboxylic acids is 1. The van der Waals surface area contributed by atoms with Gasteiger partial charge in [0.05, 0.1) is 27.4 Å². The maximum Gasteiger partial charge on any atom is 0.416 e. The van der Waals surface area contributed by atoms with Crippen molar-refractivity contribution >= 4 is 22.4 Å². The molecule has 0 unspecified atom stereocenters. The highest BCUT2D eigenvalue weighted by Gasteiger charge is 2.42. The van der Waals surface area contributed by atoms with Gasteiger partial charge in [-0.3, -0.25) is 15.2 Å². The van der Waals surface area contributed by atoms with E-state index in [1.54, 1.807) is 13.8 Å². The predicted octanol–water partition coefficient (Wildman–Crippen LogP) is 5.83. The number of ether oxygens (including phenoxy) is 1. The molecule has 31 heavy (non-hydrogen) atoms. The van der Waals surface area contributed by atoms with E-state index in [0.717, 1.165) is 17.0 Å². The number of carbonyl (C=O) groups is 1. The summed E-state index contributed by atoms with van der Waals surface area (Å²) in [4.78, 5) is 18.1. The molecule has 0 saturated carbocycles. The fourth-order valence-corrected chi connectivity index (χ4v) is 5.10. The zero-order chi connectivity index (χ0) is 22.6. The molecule has 0 saturated heterocycles. The van der Waals surface area contributed by atoms with Gasteiger partial charge in [-0.25, -0.2) is 4.98 Å². The molecule has 1 aromatic carbocycles. The first-order chi connectivity index (χ1) is 14.6. The van der Waals surface area contributed by atoms with Gasteiger partial charge in [-0.15, -0.1) is 0 Å². The van der Waals surface area contributed by atoms with E-state index in [1.807, 2.05) is 13.8 Å². The molecule has 1 amide bonds. The number of nitrogens with one attached hydrogen (secondary N) is 2. The van der Waals surface area contributed by atoms with Crippen LogP contribution in [0.25, 0.3) is 11.3 Å². The Morgan fingerprint density at radius 1 is 1.26 bits per heavy atom. The van der Waals surface area contributed by atoms with Crippen LogP contribution in [0, 0.1) is 13.8 Å². The largest absolute Gasteiger partial charge is 0.481 e. The van der Waals surface area contributed by atoms with Crippen LogP contribution in [0.5, 0.6) is 5.75 Å². The van der Waals surface area contributed by atoms with Crippen LogP contribution in [0.1, 0.15) is 58.9 Å². The molecule has 1 aliphatic rings. The summed E-state index contributed by atoms with van der Waals surface area (Å²) in [5.41, 5.74) is 1.09. The number of benzene rings is 1. The molecule has 4 rings (SSSR count). The highest BCUT2D eigenvalue weighted by atomic mass is 32.1. The third-order valence-electron chi connectivity index (χ3n) is 5.63. The van der Waals surface area contributed by atoms with Crippen LogP contribution in [-0.4, -0.2) is 21.1 Å². The third-order valence-corrected chi connectivity index (χ3v) is 6.78. The minimum atomic E-state index is -4.47. The number of aromatic nitrogens is 3. The van der Waals surface area contributed by atoms with E-state index in [9.17, 15) is 18.0 Å². The molecular formula is C21H21F3N4O2S. The van der Waals surface area contributed by atoms with Gasteiger partial charge in [0.2, 0.25) is 0 Å². The second kappa shape index (κ2) is 7.37. The molecule has 1 aliphatic heterocycles. The Bertz CT molecular complexity index is 1140. The van der Waals surface area contributed by atoms with E-state index in [-0.39, 0.29) is 11.7 Å². The van der Waals surface area contributed by atoms with Crippen molar-refractivity contribution in [2.45, 2.75) is 52.3 Å². The average molecular weight is 450 g/mol. The van der Waals surface area contributed by atoms with Gasteiger partial charge in [0.25, 0.3) is 5.91 Å². The minimum absolute atomic E-state index is 0.149. The van der Waals surface area contributed by atoms with Crippen molar-refractivity contribution in [2.75, 3.05) is 5.32 Å². The maximum atomic E-state index is 13.2. The number of anilines is 1. The summed E-state index contributed by atoms with van der Waals surface area (Å²) in [5, 5.41) is 9.98. The van der Waals surface area contributed by atoms with Crippen molar-refractivity contribution in [3.8, 4) is 17.0 Å². The summed E-state index contributed by atoms with van der Waals surface area (Å²) in [6, 6.07) is 3.42. The zero-order valence-corrected chi connectivity index (χ0v) is 18.2. The van der Waals surface area contributed by atoms with Crippen LogP contribution >= 0.6 is 11.3 Å². The normalized spacial score (nSPS) is 14.5. The molecular weight excluding hydrogens is 429 g/mol. The lowest BCUT2D eigenvalue weighted by Gasteiger charge is -2.36. The summed E-state index contributed by atoms with van der Waals surface area (Å²) in [6.45, 7) is 7.32. The molecule has 3 heterocycles. The Balaban J connectivity index is 1.79. The van der Waals surface area contributed by atoms with Crippen molar-refractivity contribution in [3.05, 3.63) is 45.6 Å². The van der Waals surface area contributed by atoms with E-state index < -0.39 is 17.3 Å². The quantitative estimate of drug-likeness (QED) is 0.524. The Labute approximate surface area is 180 Å². The number of thiazole rings is 1. The van der Waals surface area contributed by atoms with E-state index in [0.29, 0.717) is 46.2 Å². The van der Waals surface area contributed by atoms with E-state index >= 15 is 0 Å². The van der Waals surface area contributed by atoms with Gasteiger partial charge in [0.1, 0.15) is 11.4 Å². The smallest absolute Gasteiger partial charge is 0.416 e. The van der Waals surface area contributed by atoms with Crippen LogP contribution in [-0.2, 0) is 11.8 Å². The lowest BCUT2D eigenvalue weighted by molar-refractivity contribution is -0.137. The maximum absolute atomic E-state index is 13.2. The number of amides is 1. The topological polar surface area (TPSA) is 79.9 Å². The standard InChI is InChI=1S/C21H21F3N4O2S/c1-5-20(6-2)17-16(13-8-7-12(21(22,23)24)9-14(13)30-20)25-19(31-17)26-18(29)15-10(3)27-28-11(15)4/h7-9H,5-6H2,1-4H3,(H,27,28)(H,25,26,29). The highest BCUT2D eigenvalue weighted by molar-refractivity contribution is 7.16. The molecule has 2 aromatic heterocycles. The SMILES string of the molecule is CCC1(CC)Oc2cc(C(F)(F)F)ccc2-c2nc(NC(=O)c3c(C)n[nH]c3C)sc21. The van der Waals surface area contributed by atoms with Crippen molar-refractivity contribution in [1.82, 2.24) is 15.2 Å². The second-order valence-corrected chi connectivity index (χ2v) is 8.47. The van der Waals surface area contributed by atoms with E-state index in [1.165, 1.54) is 17.4 Å². The van der Waals surface area contributed by atoms with Gasteiger partial charge in [-0.1, -0.05) is 25.2 Å². The molecule has 6 nitrogen and oxygen atoms in total. The summed E-state index contributed by atoms with van der Waals surface area (Å²) in [7, 11) is 0. The molecule has 10 heteroatoms. The Hall–Kier alpha value is -2.88. The zero-order valence-electron chi connectivity index (χ0n) is 17.4. The van der Waals surface area contributed by atoms with Gasteiger partial charge >= 0.3 is 6.18 Å². The fourth-order valence-electron chi connectivity index (χ4n) is 3.86. The Morgan fingerprint density at radius 3 is 2.55 bits per heavy atom. The van der Waals surface area contributed by atoms with Gasteiger partial charge in [0.15, 0.2) is 5.13 Å². The number of aromatic amines is 1. The first kappa shape index (κ1) is 21.4. The number of fused-ring (bicyclic) bond motifs is 3. The van der Waals surface area contributed by atoms with Crippen LogP contribution in [0.4, 0.5) is 18.3 Å². The van der Waals surface area contributed by atoms with Crippen molar-refractivity contribution in [1.29, 1.82) is 0 Å². The first-order valence-electron chi connectivity index (χ1n) is 9.84. The Kier molecular flexibility index (Phi) is 5.07. The Morgan fingerprint density at radius 2 is 1.97 bits per heavy atom. The van der Waals surface area contributed by atoms with E-state index in [4.69, 9.17) is 4.74 Å². The highest BCUT2D eigenvalue weighted by Crippen LogP contribution is 2.52. The van der Waals surface area contributed by atoms with Crippen LogP contribution in [0.3, 0.4) is 0 Å². The van der Waals surface area contributed by atoms with Gasteiger partial charge < -0.3 is 4.74 Å². The number of aryl methyl sites for hydroxylation is 2. The third kappa shape index (κ3) is 3.48. The molecule has 3 aromatic rings. The van der Waals surface area contributed by atoms with Crippen LogP contribution in [0.2, 0.25) is 0 Å². The minimum Gasteiger partial charge on any atom is -0.481 e. The van der Waals surface area contributed by atoms with Crippen LogP contribution in [0.15, 0.2) is 18.2 Å². The molecule has 0 aliphatic carbocycles. The molecule has 164 valence electrons. The summed E-state index contributed by atoms with van der Waals surface area (Å²) in [5.74, 6) is -0.197. The van der Waals surface area contributed by atoms with Crippen molar-refractivity contribution in [3.63, 3.8) is 0 Å². The fraction of sp³-hybridized carbons (Fsp3) is 0.381. The number of hydrogen-bond acceptors (Lipinski definition) is 5. The van der Waals surface area contributed by atoms with Crippen molar-refractivity contribution < 1.29 is 22.7 Å². The van der Waals surface area contributed by atoms with E-state index in [2.05, 4.69) is 20.5 Å².